The molecule has 0 heterocycles. The fourth-order valence-electron chi connectivity index (χ4n) is 0.927. The van der Waals surface area contributed by atoms with Crippen molar-refractivity contribution >= 4 is 7.32 Å². The van der Waals surface area contributed by atoms with Crippen molar-refractivity contribution in [2.24, 2.45) is 0 Å². The summed E-state index contributed by atoms with van der Waals surface area (Å²) in [5, 5.41) is 16.7. The molecule has 4 heteroatoms. The molecule has 0 amide bonds. The van der Waals surface area contributed by atoms with Crippen molar-refractivity contribution in [3.05, 3.63) is 35.9 Å². The van der Waals surface area contributed by atoms with Crippen LogP contribution in [-0.2, 0) is 11.1 Å². The molecule has 0 unspecified atom stereocenters. The first-order valence-electron chi connectivity index (χ1n) is 3.81. The van der Waals surface area contributed by atoms with E-state index in [1.807, 2.05) is 30.3 Å². The number of rotatable bonds is 4. The van der Waals surface area contributed by atoms with Crippen molar-refractivity contribution in [1.82, 2.24) is 0 Å². The maximum Gasteiger partial charge on any atom is 0.633 e. The third-order valence-electron chi connectivity index (χ3n) is 1.50. The summed E-state index contributed by atoms with van der Waals surface area (Å²) in [5.41, 5.74) is 1.12. The summed E-state index contributed by atoms with van der Waals surface area (Å²) in [7, 11) is -1.66. The molecule has 0 aliphatic heterocycles. The summed E-state index contributed by atoms with van der Waals surface area (Å²) in [4.78, 5) is 0. The lowest BCUT2D eigenvalue weighted by Gasteiger charge is -2.01. The van der Waals surface area contributed by atoms with Gasteiger partial charge in [-0.2, -0.15) is 0 Å². The highest BCUT2D eigenvalue weighted by Crippen LogP contribution is 1.99. The highest BCUT2D eigenvalue weighted by Gasteiger charge is 2.06. The van der Waals surface area contributed by atoms with Crippen molar-refractivity contribution in [1.29, 1.82) is 0 Å². The van der Waals surface area contributed by atoms with Crippen LogP contribution in [0.25, 0.3) is 0 Å². The van der Waals surface area contributed by atoms with Crippen molar-refractivity contribution in [2.75, 3.05) is 6.61 Å². The molecule has 12 heavy (non-hydrogen) atoms. The van der Waals surface area contributed by atoms with Crippen LogP contribution < -0.4 is 0 Å². The van der Waals surface area contributed by atoms with Gasteiger partial charge >= 0.3 is 7.32 Å². The van der Waals surface area contributed by atoms with Crippen LogP contribution >= 0.6 is 0 Å². The van der Waals surface area contributed by atoms with Crippen molar-refractivity contribution < 1.29 is 14.7 Å². The van der Waals surface area contributed by atoms with E-state index in [0.717, 1.165) is 5.56 Å². The van der Waals surface area contributed by atoms with Crippen LogP contribution in [0.3, 0.4) is 0 Å². The van der Waals surface area contributed by atoms with E-state index in [1.54, 1.807) is 0 Å². The van der Waals surface area contributed by atoms with Gasteiger partial charge in [-0.3, -0.25) is 0 Å². The number of hydrogen-bond donors (Lipinski definition) is 2. The van der Waals surface area contributed by atoms with Crippen LogP contribution in [-0.4, -0.2) is 24.0 Å². The van der Waals surface area contributed by atoms with Gasteiger partial charge in [0, 0.05) is 6.61 Å². The average molecular weight is 166 g/mol. The molecular formula is C8H11BO3. The van der Waals surface area contributed by atoms with E-state index in [-0.39, 0.29) is 0 Å². The smallest absolute Gasteiger partial charge is 0.402 e. The Bertz CT molecular complexity index is 213. The van der Waals surface area contributed by atoms with Gasteiger partial charge in [-0.1, -0.05) is 30.3 Å². The van der Waals surface area contributed by atoms with Gasteiger partial charge in [-0.15, -0.1) is 0 Å². The van der Waals surface area contributed by atoms with Gasteiger partial charge in [0.1, 0.15) is 0 Å². The summed E-state index contributed by atoms with van der Waals surface area (Å²) >= 11 is 0. The fourth-order valence-corrected chi connectivity index (χ4v) is 0.927. The van der Waals surface area contributed by atoms with Gasteiger partial charge in [-0.05, 0) is 12.0 Å². The molecule has 3 nitrogen and oxygen atoms in total. The van der Waals surface area contributed by atoms with Gasteiger partial charge in [-0.25, -0.2) is 0 Å². The monoisotopic (exact) mass is 166 g/mol. The Morgan fingerprint density at radius 1 is 1.17 bits per heavy atom. The van der Waals surface area contributed by atoms with E-state index in [0.29, 0.717) is 13.0 Å². The summed E-state index contributed by atoms with van der Waals surface area (Å²) in [6.07, 6.45) is 0.693. The zero-order valence-electron chi connectivity index (χ0n) is 6.68. The Morgan fingerprint density at radius 3 is 2.42 bits per heavy atom. The first kappa shape index (κ1) is 9.25. The third-order valence-corrected chi connectivity index (χ3v) is 1.50. The highest BCUT2D eigenvalue weighted by atomic mass is 16.6. The van der Waals surface area contributed by atoms with Crippen molar-refractivity contribution in [3.8, 4) is 0 Å². The van der Waals surface area contributed by atoms with Crippen molar-refractivity contribution in [3.63, 3.8) is 0 Å². The Hall–Kier alpha value is -0.835. The van der Waals surface area contributed by atoms with Crippen LogP contribution in [0.5, 0.6) is 0 Å². The predicted molar refractivity (Wildman–Crippen MR) is 46.3 cm³/mol. The molecule has 0 bridgehead atoms. The summed E-state index contributed by atoms with van der Waals surface area (Å²) < 4.78 is 4.56. The lowest BCUT2D eigenvalue weighted by atomic mass is 10.1. The molecule has 0 radical (unpaired) electrons. The molecule has 0 atom stereocenters. The molecule has 1 rings (SSSR count). The molecule has 0 saturated heterocycles. The van der Waals surface area contributed by atoms with Gasteiger partial charge in [0.15, 0.2) is 0 Å². The zero-order chi connectivity index (χ0) is 8.81. The minimum absolute atomic E-state index is 0.321. The number of hydrogen-bond acceptors (Lipinski definition) is 3. The summed E-state index contributed by atoms with van der Waals surface area (Å²) in [6.45, 7) is 0.321. The average Bonchev–Trinajstić information content (AvgIpc) is 2.05. The molecule has 2 N–H and O–H groups in total. The molecule has 1 aromatic carbocycles. The second-order valence-electron chi connectivity index (χ2n) is 2.43. The van der Waals surface area contributed by atoms with Crippen LogP contribution in [0.15, 0.2) is 30.3 Å². The van der Waals surface area contributed by atoms with Gasteiger partial charge in [0.25, 0.3) is 0 Å². The molecule has 0 aromatic heterocycles. The summed E-state index contributed by atoms with van der Waals surface area (Å²) in [6, 6.07) is 9.74. The van der Waals surface area contributed by atoms with E-state index < -0.39 is 7.32 Å². The minimum Gasteiger partial charge on any atom is -0.402 e. The Morgan fingerprint density at radius 2 is 1.83 bits per heavy atom. The van der Waals surface area contributed by atoms with E-state index >= 15 is 0 Å². The van der Waals surface area contributed by atoms with Crippen molar-refractivity contribution in [2.45, 2.75) is 6.42 Å². The lowest BCUT2D eigenvalue weighted by Crippen LogP contribution is -2.18. The third kappa shape index (κ3) is 3.53. The lowest BCUT2D eigenvalue weighted by molar-refractivity contribution is 0.188. The first-order valence-corrected chi connectivity index (χ1v) is 3.81. The maximum absolute atomic E-state index is 8.36. The SMILES string of the molecule is OB(O)OCCc1ccccc1. The molecule has 0 aliphatic rings. The molecule has 64 valence electrons. The van der Waals surface area contributed by atoms with E-state index in [9.17, 15) is 0 Å². The van der Waals surface area contributed by atoms with Crippen LogP contribution in [0.2, 0.25) is 0 Å². The minimum atomic E-state index is -1.66. The van der Waals surface area contributed by atoms with Gasteiger partial charge < -0.3 is 14.7 Å². The van der Waals surface area contributed by atoms with E-state index in [2.05, 4.69) is 4.65 Å². The normalized spacial score (nSPS) is 9.83. The van der Waals surface area contributed by atoms with Gasteiger partial charge in [0.05, 0.1) is 0 Å². The fraction of sp³-hybridized carbons (Fsp3) is 0.250. The van der Waals surface area contributed by atoms with Crippen LogP contribution in [0, 0.1) is 0 Å². The Kier molecular flexibility index (Phi) is 3.80. The second-order valence-corrected chi connectivity index (χ2v) is 2.43. The van der Waals surface area contributed by atoms with Gasteiger partial charge in [0.2, 0.25) is 0 Å². The van der Waals surface area contributed by atoms with Crippen LogP contribution in [0.4, 0.5) is 0 Å². The Labute approximate surface area is 71.8 Å². The largest absolute Gasteiger partial charge is 0.633 e. The van der Waals surface area contributed by atoms with Crippen LogP contribution in [0.1, 0.15) is 5.56 Å². The molecule has 0 aliphatic carbocycles. The highest BCUT2D eigenvalue weighted by molar-refractivity contribution is 6.32. The predicted octanol–water partition coefficient (Wildman–Crippen LogP) is 0.215. The van der Waals surface area contributed by atoms with E-state index in [4.69, 9.17) is 10.0 Å². The standard InChI is InChI=1S/C8H11BO3/c10-9(11)12-7-6-8-4-2-1-3-5-8/h1-5,10-11H,6-7H2. The first-order chi connectivity index (χ1) is 5.79. The molecule has 1 aromatic rings. The molecule has 0 spiro atoms. The maximum atomic E-state index is 8.36. The zero-order valence-corrected chi connectivity index (χ0v) is 6.68. The molecule has 0 saturated carbocycles. The molecular weight excluding hydrogens is 155 g/mol. The number of benzene rings is 1. The topological polar surface area (TPSA) is 49.7 Å². The Balaban J connectivity index is 2.25. The second kappa shape index (κ2) is 4.93. The molecule has 0 fully saturated rings. The quantitative estimate of drug-likeness (QED) is 0.628. The van der Waals surface area contributed by atoms with E-state index in [1.165, 1.54) is 0 Å². The summed E-state index contributed by atoms with van der Waals surface area (Å²) in [5.74, 6) is 0.